The van der Waals surface area contributed by atoms with E-state index in [0.717, 1.165) is 10.9 Å². The highest BCUT2D eigenvalue weighted by atomic mass is 16.4. The van der Waals surface area contributed by atoms with Crippen LogP contribution in [-0.4, -0.2) is 51.0 Å². The molecule has 8 heteroatoms. The van der Waals surface area contributed by atoms with Crippen molar-refractivity contribution in [3.05, 3.63) is 30.0 Å². The molecule has 2 heterocycles. The van der Waals surface area contributed by atoms with E-state index in [1.807, 2.05) is 0 Å². The topological polar surface area (TPSA) is 123 Å². The normalized spacial score (nSPS) is 18.9. The van der Waals surface area contributed by atoms with Crippen LogP contribution in [0.5, 0.6) is 0 Å². The molecule has 1 aliphatic rings. The van der Waals surface area contributed by atoms with Crippen LogP contribution in [0.1, 0.15) is 38.3 Å². The van der Waals surface area contributed by atoms with Crippen molar-refractivity contribution in [3.63, 3.8) is 0 Å². The molecule has 0 unspecified atom stereocenters. The zero-order chi connectivity index (χ0) is 20.4. The van der Waals surface area contributed by atoms with Crippen molar-refractivity contribution in [2.75, 3.05) is 18.4 Å². The number of hydrogen-bond donors (Lipinski definition) is 4. The molecule has 0 spiro atoms. The molecule has 1 aromatic carbocycles. The van der Waals surface area contributed by atoms with E-state index in [1.165, 1.54) is 0 Å². The van der Waals surface area contributed by atoms with Gasteiger partial charge in [-0.2, -0.15) is 0 Å². The van der Waals surface area contributed by atoms with E-state index in [2.05, 4.69) is 10.3 Å². The van der Waals surface area contributed by atoms with Crippen LogP contribution in [0.25, 0.3) is 10.9 Å². The Labute approximate surface area is 162 Å². The van der Waals surface area contributed by atoms with Crippen molar-refractivity contribution in [3.8, 4) is 0 Å². The smallest absolute Gasteiger partial charge is 0.325 e. The Bertz CT molecular complexity index is 904. The number of nitrogens with one attached hydrogen (secondary N) is 2. The van der Waals surface area contributed by atoms with Crippen molar-refractivity contribution in [1.29, 1.82) is 0 Å². The summed E-state index contributed by atoms with van der Waals surface area (Å²) in [5.74, 6) is -2.70. The standard InChI is InChI=1S/C20H25N3O5/c1-11(2)18(24)22-13-5-6-14-15(9-21-16(14)8-13)17(20(27)28)23-7-3-4-12(10-23)19(25)26/h5-6,8-9,11-12,17,21H,3-4,7,10H2,1-2H3,(H,22,24)(H,25,26)(H,27,28)/t12-,17+/m1/s1. The molecule has 28 heavy (non-hydrogen) atoms. The van der Waals surface area contributed by atoms with Gasteiger partial charge in [0.1, 0.15) is 6.04 Å². The highest BCUT2D eigenvalue weighted by Crippen LogP contribution is 2.33. The van der Waals surface area contributed by atoms with Gasteiger partial charge in [-0.1, -0.05) is 19.9 Å². The van der Waals surface area contributed by atoms with Gasteiger partial charge >= 0.3 is 11.9 Å². The first-order valence-corrected chi connectivity index (χ1v) is 9.39. The molecule has 150 valence electrons. The predicted molar refractivity (Wildman–Crippen MR) is 104 cm³/mol. The summed E-state index contributed by atoms with van der Waals surface area (Å²) < 4.78 is 0. The number of carbonyl (C=O) groups is 3. The summed E-state index contributed by atoms with van der Waals surface area (Å²) in [7, 11) is 0. The van der Waals surface area contributed by atoms with Gasteiger partial charge in [0.25, 0.3) is 0 Å². The number of piperidine rings is 1. The van der Waals surface area contributed by atoms with Crippen molar-refractivity contribution < 1.29 is 24.6 Å². The molecule has 2 atom stereocenters. The number of H-pyrrole nitrogens is 1. The lowest BCUT2D eigenvalue weighted by Crippen LogP contribution is -2.43. The highest BCUT2D eigenvalue weighted by molar-refractivity contribution is 5.96. The van der Waals surface area contributed by atoms with E-state index < -0.39 is 23.9 Å². The van der Waals surface area contributed by atoms with E-state index in [1.54, 1.807) is 43.1 Å². The summed E-state index contributed by atoms with van der Waals surface area (Å²) in [6.07, 6.45) is 2.86. The second kappa shape index (κ2) is 8.02. The summed E-state index contributed by atoms with van der Waals surface area (Å²) in [6, 6.07) is 4.38. The molecule has 0 radical (unpaired) electrons. The third-order valence-corrected chi connectivity index (χ3v) is 5.20. The fraction of sp³-hybridized carbons (Fsp3) is 0.450. The first kappa shape index (κ1) is 19.9. The van der Waals surface area contributed by atoms with E-state index in [4.69, 9.17) is 0 Å². The Balaban J connectivity index is 1.90. The van der Waals surface area contributed by atoms with Crippen molar-refractivity contribution >= 4 is 34.4 Å². The molecule has 0 bridgehead atoms. The number of carboxylic acids is 2. The largest absolute Gasteiger partial charge is 0.481 e. The number of amides is 1. The molecular formula is C20H25N3O5. The number of likely N-dealkylation sites (tertiary alicyclic amines) is 1. The van der Waals surface area contributed by atoms with Gasteiger partial charge < -0.3 is 20.5 Å². The molecule has 4 N–H and O–H groups in total. The van der Waals surface area contributed by atoms with Crippen LogP contribution in [-0.2, 0) is 14.4 Å². The molecule has 8 nitrogen and oxygen atoms in total. The first-order chi connectivity index (χ1) is 13.3. The van der Waals surface area contributed by atoms with Crippen molar-refractivity contribution in [2.45, 2.75) is 32.7 Å². The molecule has 0 saturated carbocycles. The monoisotopic (exact) mass is 387 g/mol. The number of carboxylic acid groups (broad SMARTS) is 2. The lowest BCUT2D eigenvalue weighted by molar-refractivity contribution is -0.149. The van der Waals surface area contributed by atoms with Crippen LogP contribution in [0.3, 0.4) is 0 Å². The molecule has 1 aromatic heterocycles. The number of fused-ring (bicyclic) bond motifs is 1. The Morgan fingerprint density at radius 3 is 2.64 bits per heavy atom. The van der Waals surface area contributed by atoms with E-state index >= 15 is 0 Å². The van der Waals surface area contributed by atoms with Crippen LogP contribution in [0.15, 0.2) is 24.4 Å². The number of hydrogen-bond acceptors (Lipinski definition) is 4. The van der Waals surface area contributed by atoms with Gasteiger partial charge in [-0.15, -0.1) is 0 Å². The third kappa shape index (κ3) is 4.01. The molecule has 3 rings (SSSR count). The minimum absolute atomic E-state index is 0.0948. The molecule has 0 aliphatic carbocycles. The fourth-order valence-electron chi connectivity index (χ4n) is 3.67. The number of aromatic amines is 1. The van der Waals surface area contributed by atoms with E-state index in [9.17, 15) is 24.6 Å². The van der Waals surface area contributed by atoms with Gasteiger partial charge in [-0.3, -0.25) is 19.3 Å². The van der Waals surface area contributed by atoms with Gasteiger partial charge in [-0.05, 0) is 31.5 Å². The molecular weight excluding hydrogens is 362 g/mol. The van der Waals surface area contributed by atoms with Gasteiger partial charge in [0.05, 0.1) is 5.92 Å². The lowest BCUT2D eigenvalue weighted by atomic mass is 9.94. The third-order valence-electron chi connectivity index (χ3n) is 5.20. The summed E-state index contributed by atoms with van der Waals surface area (Å²) in [5, 5.41) is 22.7. The van der Waals surface area contributed by atoms with Crippen molar-refractivity contribution in [1.82, 2.24) is 9.88 Å². The van der Waals surface area contributed by atoms with Crippen LogP contribution in [0, 0.1) is 11.8 Å². The van der Waals surface area contributed by atoms with E-state index in [-0.39, 0.29) is 18.4 Å². The quantitative estimate of drug-likeness (QED) is 0.604. The predicted octanol–water partition coefficient (Wildman–Crippen LogP) is 2.68. The first-order valence-electron chi connectivity index (χ1n) is 9.39. The number of rotatable bonds is 6. The van der Waals surface area contributed by atoms with Gasteiger partial charge in [0.2, 0.25) is 5.91 Å². The number of nitrogens with zero attached hydrogens (tertiary/aromatic N) is 1. The fourth-order valence-corrected chi connectivity index (χ4v) is 3.67. The lowest BCUT2D eigenvalue weighted by Gasteiger charge is -2.34. The second-order valence-electron chi connectivity index (χ2n) is 7.56. The van der Waals surface area contributed by atoms with Crippen molar-refractivity contribution in [2.24, 2.45) is 11.8 Å². The average molecular weight is 387 g/mol. The number of benzene rings is 1. The zero-order valence-corrected chi connectivity index (χ0v) is 15.9. The Morgan fingerprint density at radius 1 is 1.25 bits per heavy atom. The maximum absolute atomic E-state index is 12.0. The number of aliphatic carboxylic acids is 2. The van der Waals surface area contributed by atoms with Gasteiger partial charge in [0.15, 0.2) is 0 Å². The van der Waals surface area contributed by atoms with Crippen LogP contribution < -0.4 is 5.32 Å². The molecule has 1 amide bonds. The second-order valence-corrected chi connectivity index (χ2v) is 7.56. The molecule has 2 aromatic rings. The number of aromatic nitrogens is 1. The van der Waals surface area contributed by atoms with Crippen LogP contribution in [0.2, 0.25) is 0 Å². The Morgan fingerprint density at radius 2 is 2.00 bits per heavy atom. The minimum Gasteiger partial charge on any atom is -0.481 e. The average Bonchev–Trinajstić information content (AvgIpc) is 3.04. The maximum Gasteiger partial charge on any atom is 0.325 e. The van der Waals surface area contributed by atoms with Crippen LogP contribution >= 0.6 is 0 Å². The number of carbonyl (C=O) groups excluding carboxylic acids is 1. The maximum atomic E-state index is 12.0. The highest BCUT2D eigenvalue weighted by Gasteiger charge is 2.35. The molecule has 1 aliphatic heterocycles. The summed E-state index contributed by atoms with van der Waals surface area (Å²) in [6.45, 7) is 4.36. The SMILES string of the molecule is CC(C)C(=O)Nc1ccc2c([C@@H](C(=O)O)N3CCC[C@@H](C(=O)O)C3)c[nH]c2c1. The molecule has 1 fully saturated rings. The Hall–Kier alpha value is -2.87. The van der Waals surface area contributed by atoms with Gasteiger partial charge in [0, 0.05) is 40.8 Å². The summed E-state index contributed by atoms with van der Waals surface area (Å²) in [4.78, 5) is 40.1. The summed E-state index contributed by atoms with van der Waals surface area (Å²) >= 11 is 0. The van der Waals surface area contributed by atoms with Gasteiger partial charge in [-0.25, -0.2) is 0 Å². The molecule has 1 saturated heterocycles. The Kier molecular flexibility index (Phi) is 5.69. The summed E-state index contributed by atoms with van der Waals surface area (Å²) in [5.41, 5.74) is 1.94. The minimum atomic E-state index is -1.01. The zero-order valence-electron chi connectivity index (χ0n) is 15.9. The number of anilines is 1. The van der Waals surface area contributed by atoms with E-state index in [0.29, 0.717) is 30.6 Å². The van der Waals surface area contributed by atoms with Crippen LogP contribution in [0.4, 0.5) is 5.69 Å².